The molecule has 22 heavy (non-hydrogen) atoms. The summed E-state index contributed by atoms with van der Waals surface area (Å²) < 4.78 is 50.7. The van der Waals surface area contributed by atoms with Crippen molar-refractivity contribution in [2.75, 3.05) is 27.3 Å². The van der Waals surface area contributed by atoms with Gasteiger partial charge in [0.2, 0.25) is 10.0 Å². The summed E-state index contributed by atoms with van der Waals surface area (Å²) in [6.07, 6.45) is 1.91. The van der Waals surface area contributed by atoms with Gasteiger partial charge in [-0.05, 0) is 19.4 Å². The third-order valence-electron chi connectivity index (χ3n) is 3.41. The van der Waals surface area contributed by atoms with Gasteiger partial charge in [-0.3, -0.25) is 0 Å². The van der Waals surface area contributed by atoms with Crippen LogP contribution in [0.2, 0.25) is 0 Å². The Kier molecular flexibility index (Phi) is 6.86. The summed E-state index contributed by atoms with van der Waals surface area (Å²) in [5.41, 5.74) is 0. The van der Waals surface area contributed by atoms with Crippen LogP contribution in [0, 0.1) is 5.82 Å². The molecular formula is C13H20ClFN2O4S. The van der Waals surface area contributed by atoms with Gasteiger partial charge in [0.25, 0.3) is 0 Å². The molecule has 0 amide bonds. The zero-order chi connectivity index (χ0) is 15.5. The minimum Gasteiger partial charge on any atom is -0.493 e. The van der Waals surface area contributed by atoms with Crippen LogP contribution >= 0.6 is 12.4 Å². The molecule has 0 bridgehead atoms. The number of sulfonamides is 1. The van der Waals surface area contributed by atoms with Gasteiger partial charge in [-0.25, -0.2) is 17.5 Å². The van der Waals surface area contributed by atoms with Crippen LogP contribution in [0.4, 0.5) is 4.39 Å². The maximum Gasteiger partial charge on any atom is 0.243 e. The van der Waals surface area contributed by atoms with E-state index in [2.05, 4.69) is 10.0 Å². The van der Waals surface area contributed by atoms with E-state index in [4.69, 9.17) is 9.47 Å². The first-order valence-electron chi connectivity index (χ1n) is 6.62. The van der Waals surface area contributed by atoms with E-state index in [0.29, 0.717) is 0 Å². The molecule has 0 saturated carbocycles. The van der Waals surface area contributed by atoms with Crippen molar-refractivity contribution in [1.82, 2.24) is 10.0 Å². The summed E-state index contributed by atoms with van der Waals surface area (Å²) in [6.45, 7) is 1.10. The second kappa shape index (κ2) is 7.96. The van der Waals surface area contributed by atoms with Crippen LogP contribution in [-0.4, -0.2) is 41.8 Å². The lowest BCUT2D eigenvalue weighted by Crippen LogP contribution is -2.37. The van der Waals surface area contributed by atoms with Gasteiger partial charge in [0.15, 0.2) is 11.5 Å². The first kappa shape index (κ1) is 19.0. The molecule has 1 unspecified atom stereocenters. The molecule has 1 aliphatic heterocycles. The Labute approximate surface area is 135 Å². The smallest absolute Gasteiger partial charge is 0.243 e. The number of benzene rings is 1. The number of hydrogen-bond donors (Lipinski definition) is 2. The van der Waals surface area contributed by atoms with Crippen LogP contribution in [0.5, 0.6) is 11.5 Å². The van der Waals surface area contributed by atoms with Crippen LogP contribution in [0.3, 0.4) is 0 Å². The maximum absolute atomic E-state index is 14.0. The molecule has 0 spiro atoms. The third-order valence-corrected chi connectivity index (χ3v) is 4.85. The van der Waals surface area contributed by atoms with Crippen molar-refractivity contribution >= 4 is 22.4 Å². The van der Waals surface area contributed by atoms with E-state index in [-0.39, 0.29) is 36.5 Å². The summed E-state index contributed by atoms with van der Waals surface area (Å²) in [6, 6.07) is 2.21. The minimum atomic E-state index is -3.94. The summed E-state index contributed by atoms with van der Waals surface area (Å²) in [5.74, 6) is -0.566. The number of hydrogen-bond acceptors (Lipinski definition) is 5. The van der Waals surface area contributed by atoms with E-state index in [1.165, 1.54) is 14.2 Å². The Morgan fingerprint density at radius 3 is 2.50 bits per heavy atom. The number of rotatable bonds is 6. The van der Waals surface area contributed by atoms with Gasteiger partial charge in [-0.15, -0.1) is 12.4 Å². The van der Waals surface area contributed by atoms with E-state index >= 15 is 0 Å². The van der Waals surface area contributed by atoms with Crippen LogP contribution in [0.15, 0.2) is 17.0 Å². The van der Waals surface area contributed by atoms with Gasteiger partial charge in [-0.2, -0.15) is 0 Å². The number of nitrogens with one attached hydrogen (secondary N) is 2. The van der Waals surface area contributed by atoms with Crippen molar-refractivity contribution in [1.29, 1.82) is 0 Å². The molecule has 9 heteroatoms. The predicted octanol–water partition coefficient (Wildman–Crippen LogP) is 1.29. The van der Waals surface area contributed by atoms with Gasteiger partial charge >= 0.3 is 0 Å². The molecule has 0 aliphatic carbocycles. The zero-order valence-corrected chi connectivity index (χ0v) is 14.0. The van der Waals surface area contributed by atoms with Crippen LogP contribution < -0.4 is 19.5 Å². The molecule has 1 heterocycles. The normalized spacial score (nSPS) is 17.9. The van der Waals surface area contributed by atoms with E-state index in [1.54, 1.807) is 0 Å². The topological polar surface area (TPSA) is 76.7 Å². The molecule has 1 aliphatic rings. The van der Waals surface area contributed by atoms with E-state index in [1.807, 2.05) is 0 Å². The quantitative estimate of drug-likeness (QED) is 0.805. The SMILES string of the molecule is COc1cc(F)c(S(=O)(=O)NCC2CCCN2)cc1OC.Cl. The van der Waals surface area contributed by atoms with Crippen LogP contribution in [0.1, 0.15) is 12.8 Å². The minimum absolute atomic E-state index is 0. The Bertz CT molecular complexity index is 606. The number of methoxy groups -OCH3 is 2. The van der Waals surface area contributed by atoms with Crippen molar-refractivity contribution in [2.45, 2.75) is 23.8 Å². The van der Waals surface area contributed by atoms with Crippen molar-refractivity contribution < 1.29 is 22.3 Å². The van der Waals surface area contributed by atoms with Crippen LogP contribution in [0.25, 0.3) is 0 Å². The van der Waals surface area contributed by atoms with Gasteiger partial charge < -0.3 is 14.8 Å². The lowest BCUT2D eigenvalue weighted by Gasteiger charge is -2.14. The molecule has 1 aromatic carbocycles. The Morgan fingerprint density at radius 1 is 1.32 bits per heavy atom. The maximum atomic E-state index is 14.0. The average Bonchev–Trinajstić information content (AvgIpc) is 2.98. The molecule has 6 nitrogen and oxygen atoms in total. The molecule has 0 radical (unpaired) electrons. The van der Waals surface area contributed by atoms with Gasteiger partial charge in [0.05, 0.1) is 14.2 Å². The fraction of sp³-hybridized carbons (Fsp3) is 0.538. The molecule has 1 aromatic rings. The van der Waals surface area contributed by atoms with Gasteiger partial charge in [-0.1, -0.05) is 0 Å². The fourth-order valence-corrected chi connectivity index (χ4v) is 3.41. The summed E-state index contributed by atoms with van der Waals surface area (Å²) in [5, 5.41) is 3.17. The highest BCUT2D eigenvalue weighted by molar-refractivity contribution is 7.89. The molecule has 1 fully saturated rings. The summed E-state index contributed by atoms with van der Waals surface area (Å²) in [4.78, 5) is -0.446. The molecule has 0 aromatic heterocycles. The van der Waals surface area contributed by atoms with Crippen molar-refractivity contribution in [2.24, 2.45) is 0 Å². The lowest BCUT2D eigenvalue weighted by molar-refractivity contribution is 0.350. The van der Waals surface area contributed by atoms with Gasteiger partial charge in [0.1, 0.15) is 10.7 Å². The van der Waals surface area contributed by atoms with Crippen molar-refractivity contribution in [3.05, 3.63) is 17.9 Å². The Morgan fingerprint density at radius 2 is 1.95 bits per heavy atom. The highest BCUT2D eigenvalue weighted by Gasteiger charge is 2.24. The van der Waals surface area contributed by atoms with Crippen molar-refractivity contribution in [3.63, 3.8) is 0 Å². The molecule has 2 N–H and O–H groups in total. The second-order valence-corrected chi connectivity index (χ2v) is 6.52. The Balaban J connectivity index is 0.00000242. The number of ether oxygens (including phenoxy) is 2. The Hall–Kier alpha value is -1.09. The van der Waals surface area contributed by atoms with Crippen LogP contribution in [-0.2, 0) is 10.0 Å². The number of halogens is 2. The standard InChI is InChI=1S/C13H19FN2O4S.ClH/c1-19-11-6-10(14)13(7-12(11)20-2)21(17,18)16-8-9-4-3-5-15-9;/h6-7,9,15-16H,3-5,8H2,1-2H3;1H. The van der Waals surface area contributed by atoms with E-state index < -0.39 is 20.7 Å². The van der Waals surface area contributed by atoms with Gasteiger partial charge in [0, 0.05) is 24.7 Å². The summed E-state index contributed by atoms with van der Waals surface area (Å²) >= 11 is 0. The van der Waals surface area contributed by atoms with E-state index in [0.717, 1.165) is 31.5 Å². The molecule has 1 atom stereocenters. The molecular weight excluding hydrogens is 335 g/mol. The largest absolute Gasteiger partial charge is 0.493 e. The highest BCUT2D eigenvalue weighted by Crippen LogP contribution is 2.31. The fourth-order valence-electron chi connectivity index (χ4n) is 2.26. The first-order chi connectivity index (χ1) is 9.97. The third kappa shape index (κ3) is 4.22. The molecule has 1 saturated heterocycles. The van der Waals surface area contributed by atoms with E-state index in [9.17, 15) is 12.8 Å². The monoisotopic (exact) mass is 354 g/mol. The average molecular weight is 355 g/mol. The molecule has 2 rings (SSSR count). The summed E-state index contributed by atoms with van der Waals surface area (Å²) in [7, 11) is -1.22. The molecule has 126 valence electrons. The van der Waals surface area contributed by atoms with Crippen molar-refractivity contribution in [3.8, 4) is 11.5 Å². The first-order valence-corrected chi connectivity index (χ1v) is 8.11. The lowest BCUT2D eigenvalue weighted by atomic mass is 10.2. The second-order valence-electron chi connectivity index (χ2n) is 4.78. The highest BCUT2D eigenvalue weighted by atomic mass is 35.5. The zero-order valence-electron chi connectivity index (χ0n) is 12.4. The predicted molar refractivity (Wildman–Crippen MR) is 83.0 cm³/mol.